The fourth-order valence-corrected chi connectivity index (χ4v) is 5.12. The highest BCUT2D eigenvalue weighted by atomic mass is 32.2. The third kappa shape index (κ3) is 4.16. The van der Waals surface area contributed by atoms with Gasteiger partial charge in [0.05, 0.1) is 4.91 Å². The maximum Gasteiger partial charge on any atom is 0.286 e. The fraction of sp³-hybridized carbons (Fsp3) is 0.333. The van der Waals surface area contributed by atoms with Crippen LogP contribution in [0.5, 0.6) is 5.75 Å². The molecule has 3 aliphatic rings. The third-order valence-electron chi connectivity index (χ3n) is 5.72. The van der Waals surface area contributed by atoms with Crippen molar-refractivity contribution in [1.82, 2.24) is 9.80 Å². The van der Waals surface area contributed by atoms with Crippen LogP contribution in [0.4, 0.5) is 0 Å². The van der Waals surface area contributed by atoms with Crippen LogP contribution < -0.4 is 4.74 Å². The van der Waals surface area contributed by atoms with Gasteiger partial charge in [-0.3, -0.25) is 9.69 Å². The zero-order chi connectivity index (χ0) is 20.5. The first kappa shape index (κ1) is 19.4. The summed E-state index contributed by atoms with van der Waals surface area (Å²) < 4.78 is 5.77. The van der Waals surface area contributed by atoms with Crippen LogP contribution in [-0.4, -0.2) is 53.2 Å². The lowest BCUT2D eigenvalue weighted by Crippen LogP contribution is -2.47. The Balaban J connectivity index is 1.20. The molecule has 1 amide bonds. The van der Waals surface area contributed by atoms with Crippen molar-refractivity contribution in [1.29, 1.82) is 0 Å². The average Bonchev–Trinajstić information content (AvgIpc) is 3.30. The van der Waals surface area contributed by atoms with Crippen molar-refractivity contribution in [3.8, 4) is 5.75 Å². The van der Waals surface area contributed by atoms with Crippen molar-refractivity contribution in [2.75, 3.05) is 26.2 Å². The molecule has 0 radical (unpaired) electrons. The number of hydrogen-bond donors (Lipinski definition) is 0. The van der Waals surface area contributed by atoms with Crippen LogP contribution in [-0.2, 0) is 17.8 Å². The van der Waals surface area contributed by atoms with E-state index in [1.165, 1.54) is 22.9 Å². The number of fused-ring (bicyclic) bond motifs is 1. The highest BCUT2D eigenvalue weighted by Gasteiger charge is 2.28. The third-order valence-corrected chi connectivity index (χ3v) is 6.76. The standard InChI is InChI=1S/C24H25N3O2S/c1-17-13-20-14-19(7-8-21(20)29-17)15-22-23(28)25-24(30-22)27-11-9-26(10-12-27)16-18-5-3-2-4-6-18/h2-8,14-15,17H,9-13,16H2,1H3/b22-15+. The summed E-state index contributed by atoms with van der Waals surface area (Å²) >= 11 is 1.50. The number of amidine groups is 1. The Morgan fingerprint density at radius 1 is 1.13 bits per heavy atom. The molecule has 2 aromatic carbocycles. The van der Waals surface area contributed by atoms with Crippen LogP contribution in [0, 0.1) is 0 Å². The zero-order valence-electron chi connectivity index (χ0n) is 17.1. The molecule has 3 heterocycles. The molecule has 0 aliphatic carbocycles. The number of thioether (sulfide) groups is 1. The summed E-state index contributed by atoms with van der Waals surface area (Å²) in [7, 11) is 0. The average molecular weight is 420 g/mol. The van der Waals surface area contributed by atoms with Crippen molar-refractivity contribution in [2.24, 2.45) is 4.99 Å². The Morgan fingerprint density at radius 2 is 1.93 bits per heavy atom. The lowest BCUT2D eigenvalue weighted by atomic mass is 10.1. The molecule has 1 unspecified atom stereocenters. The quantitative estimate of drug-likeness (QED) is 0.708. The van der Waals surface area contributed by atoms with Gasteiger partial charge in [-0.2, -0.15) is 4.99 Å². The smallest absolute Gasteiger partial charge is 0.286 e. The maximum absolute atomic E-state index is 12.5. The lowest BCUT2D eigenvalue weighted by Gasteiger charge is -2.35. The molecule has 6 heteroatoms. The Kier molecular flexibility index (Phi) is 5.35. The lowest BCUT2D eigenvalue weighted by molar-refractivity contribution is -0.113. The maximum atomic E-state index is 12.5. The molecule has 0 spiro atoms. The van der Waals surface area contributed by atoms with E-state index in [1.54, 1.807) is 0 Å². The summed E-state index contributed by atoms with van der Waals surface area (Å²) in [4.78, 5) is 22.2. The number of carbonyl (C=O) groups is 1. The first-order valence-electron chi connectivity index (χ1n) is 10.5. The molecule has 1 saturated heterocycles. The number of ether oxygens (including phenoxy) is 1. The molecule has 2 aromatic rings. The topological polar surface area (TPSA) is 45.1 Å². The molecule has 3 aliphatic heterocycles. The van der Waals surface area contributed by atoms with Gasteiger partial charge in [0.25, 0.3) is 5.91 Å². The molecular formula is C24H25N3O2S. The predicted molar refractivity (Wildman–Crippen MR) is 122 cm³/mol. The van der Waals surface area contributed by atoms with E-state index in [-0.39, 0.29) is 12.0 Å². The van der Waals surface area contributed by atoms with E-state index >= 15 is 0 Å². The van der Waals surface area contributed by atoms with Gasteiger partial charge in [0.15, 0.2) is 5.17 Å². The van der Waals surface area contributed by atoms with Gasteiger partial charge in [-0.05, 0) is 53.6 Å². The van der Waals surface area contributed by atoms with Crippen molar-refractivity contribution >= 4 is 28.9 Å². The van der Waals surface area contributed by atoms with Crippen molar-refractivity contribution in [3.05, 3.63) is 70.1 Å². The van der Waals surface area contributed by atoms with E-state index in [0.29, 0.717) is 4.91 Å². The van der Waals surface area contributed by atoms with Gasteiger partial charge >= 0.3 is 0 Å². The van der Waals surface area contributed by atoms with Gasteiger partial charge in [-0.25, -0.2) is 0 Å². The van der Waals surface area contributed by atoms with Gasteiger partial charge in [-0.15, -0.1) is 0 Å². The minimum Gasteiger partial charge on any atom is -0.490 e. The van der Waals surface area contributed by atoms with E-state index in [9.17, 15) is 4.79 Å². The van der Waals surface area contributed by atoms with Crippen LogP contribution in [0.1, 0.15) is 23.6 Å². The number of nitrogens with zero attached hydrogens (tertiary/aromatic N) is 3. The van der Waals surface area contributed by atoms with Crippen LogP contribution in [0.25, 0.3) is 6.08 Å². The minimum atomic E-state index is -0.133. The van der Waals surface area contributed by atoms with Crippen LogP contribution in [0.2, 0.25) is 0 Å². The molecule has 1 fully saturated rings. The van der Waals surface area contributed by atoms with Crippen LogP contribution >= 0.6 is 11.8 Å². The van der Waals surface area contributed by atoms with Crippen molar-refractivity contribution in [3.63, 3.8) is 0 Å². The second kappa shape index (κ2) is 8.28. The molecule has 30 heavy (non-hydrogen) atoms. The Hall–Kier alpha value is -2.57. The Morgan fingerprint density at radius 3 is 2.73 bits per heavy atom. The molecule has 5 nitrogen and oxygen atoms in total. The minimum absolute atomic E-state index is 0.133. The predicted octanol–water partition coefficient (Wildman–Crippen LogP) is 3.80. The monoisotopic (exact) mass is 419 g/mol. The Bertz CT molecular complexity index is 1010. The van der Waals surface area contributed by atoms with Gasteiger partial charge in [0, 0.05) is 39.1 Å². The first-order chi connectivity index (χ1) is 14.6. The summed E-state index contributed by atoms with van der Waals surface area (Å²) in [5.41, 5.74) is 3.59. The number of piperazine rings is 1. The SMILES string of the molecule is CC1Cc2cc(/C=C3/SC(N4CCN(Cc5ccccc5)CC4)=NC3=O)ccc2O1. The van der Waals surface area contributed by atoms with Crippen molar-refractivity contribution in [2.45, 2.75) is 26.0 Å². The van der Waals surface area contributed by atoms with Crippen molar-refractivity contribution < 1.29 is 9.53 Å². The van der Waals surface area contributed by atoms with Gasteiger partial charge in [0.1, 0.15) is 11.9 Å². The Labute approximate surface area is 181 Å². The fourth-order valence-electron chi connectivity index (χ4n) is 4.16. The zero-order valence-corrected chi connectivity index (χ0v) is 17.9. The summed E-state index contributed by atoms with van der Waals surface area (Å²) in [6.07, 6.45) is 3.10. The molecule has 0 bridgehead atoms. The first-order valence-corrected chi connectivity index (χ1v) is 11.3. The van der Waals surface area contributed by atoms with E-state index in [4.69, 9.17) is 4.74 Å². The normalized spacial score (nSPS) is 22.9. The number of hydrogen-bond acceptors (Lipinski definition) is 5. The van der Waals surface area contributed by atoms with Gasteiger partial charge in [0.2, 0.25) is 0 Å². The number of benzene rings is 2. The largest absolute Gasteiger partial charge is 0.490 e. The molecule has 1 atom stereocenters. The summed E-state index contributed by atoms with van der Waals surface area (Å²) in [5, 5.41) is 0.837. The molecular weight excluding hydrogens is 394 g/mol. The molecule has 0 aromatic heterocycles. The molecule has 0 saturated carbocycles. The van der Waals surface area contributed by atoms with E-state index in [1.807, 2.05) is 18.2 Å². The van der Waals surface area contributed by atoms with Gasteiger partial charge in [-0.1, -0.05) is 36.4 Å². The number of rotatable bonds is 3. The summed E-state index contributed by atoms with van der Waals surface area (Å²) in [6, 6.07) is 16.7. The second-order valence-electron chi connectivity index (χ2n) is 8.06. The highest BCUT2D eigenvalue weighted by Crippen LogP contribution is 2.33. The summed E-state index contributed by atoms with van der Waals surface area (Å²) in [5.74, 6) is 0.826. The van der Waals surface area contributed by atoms with Crippen LogP contribution in [0.15, 0.2) is 58.4 Å². The van der Waals surface area contributed by atoms with E-state index < -0.39 is 0 Å². The highest BCUT2D eigenvalue weighted by molar-refractivity contribution is 8.18. The van der Waals surface area contributed by atoms with E-state index in [2.05, 4.69) is 58.1 Å². The molecule has 5 rings (SSSR count). The molecule has 0 N–H and O–H groups in total. The number of amides is 1. The summed E-state index contributed by atoms with van der Waals surface area (Å²) in [6.45, 7) is 6.79. The van der Waals surface area contributed by atoms with E-state index in [0.717, 1.165) is 55.6 Å². The van der Waals surface area contributed by atoms with Gasteiger partial charge < -0.3 is 9.64 Å². The number of carbonyl (C=O) groups excluding carboxylic acids is 1. The number of aliphatic imine (C=N–C) groups is 1. The van der Waals surface area contributed by atoms with Crippen LogP contribution in [0.3, 0.4) is 0 Å². The molecule has 154 valence electrons. The second-order valence-corrected chi connectivity index (χ2v) is 9.07.